The minimum absolute atomic E-state index is 0.0848. The normalized spacial score (nSPS) is 49.9. The Hall–Kier alpha value is -1.59. The highest BCUT2D eigenvalue weighted by Gasteiger charge is 2.59. The maximum atomic E-state index is 12.0. The third-order valence-corrected chi connectivity index (χ3v) is 8.09. The van der Waals surface area contributed by atoms with E-state index >= 15 is 0 Å². The first-order valence-corrected chi connectivity index (χ1v) is 9.63. The molecular formula is C19H29N3O3. The highest BCUT2D eigenvalue weighted by molar-refractivity contribution is 5.95. The number of nitrogens with zero attached hydrogens (tertiary/aromatic N) is 2. The molecule has 0 aromatic rings. The summed E-state index contributed by atoms with van der Waals surface area (Å²) >= 11 is 0. The van der Waals surface area contributed by atoms with Gasteiger partial charge < -0.3 is 15.7 Å². The van der Waals surface area contributed by atoms with Crippen molar-refractivity contribution in [3.05, 3.63) is 0 Å². The lowest BCUT2D eigenvalue weighted by atomic mass is 9.45. The quantitative estimate of drug-likeness (QED) is 0.464. The van der Waals surface area contributed by atoms with Crippen molar-refractivity contribution in [2.45, 2.75) is 70.8 Å². The Morgan fingerprint density at radius 3 is 2.56 bits per heavy atom. The fourth-order valence-electron chi connectivity index (χ4n) is 6.75. The largest absolute Gasteiger partial charge is 0.411 e. The van der Waals surface area contributed by atoms with Crippen LogP contribution in [0.3, 0.4) is 0 Å². The van der Waals surface area contributed by atoms with E-state index in [2.05, 4.69) is 29.5 Å². The fraction of sp³-hybridized carbons (Fsp3) is 0.842. The molecule has 1 saturated heterocycles. The van der Waals surface area contributed by atoms with E-state index in [4.69, 9.17) is 0 Å². The standard InChI is InChI=1S/C19H29N3O3/c1-18-7-5-11(21-24)9-15(18)16(22-25)10-12-13(18)6-8-19(2)14(12)3-4-17(23)20-19/h12-15,24-25H,3-10H2,1-2H3,(H,20,23)/b21-11-,22-16-/t12-,13+,14+,15?,18-,19+/m1/s1. The number of fused-ring (bicyclic) bond motifs is 5. The highest BCUT2D eigenvalue weighted by Crippen LogP contribution is 2.61. The van der Waals surface area contributed by atoms with Crippen LogP contribution in [0, 0.1) is 29.1 Å². The summed E-state index contributed by atoms with van der Waals surface area (Å²) in [5.74, 6) is 1.83. The van der Waals surface area contributed by atoms with Crippen molar-refractivity contribution in [1.82, 2.24) is 5.32 Å². The van der Waals surface area contributed by atoms with Gasteiger partial charge in [0, 0.05) is 17.9 Å². The maximum absolute atomic E-state index is 12.0. The number of carbonyl (C=O) groups is 1. The SMILES string of the molecule is C[C@]12CC/C(=N/O)CC1/C(=N\O)C[C@@H]1[C@@H]2CC[C@]2(C)NC(=O)CC[C@@H]12. The Balaban J connectivity index is 1.69. The molecule has 1 heterocycles. The molecule has 4 rings (SSSR count). The van der Waals surface area contributed by atoms with Crippen LogP contribution in [-0.2, 0) is 4.79 Å². The van der Waals surface area contributed by atoms with Gasteiger partial charge in [0.05, 0.1) is 11.4 Å². The molecule has 1 unspecified atom stereocenters. The predicted molar refractivity (Wildman–Crippen MR) is 94.0 cm³/mol. The average Bonchev–Trinajstić information content (AvgIpc) is 2.59. The van der Waals surface area contributed by atoms with Crippen molar-refractivity contribution in [2.75, 3.05) is 0 Å². The predicted octanol–water partition coefficient (Wildman–Crippen LogP) is 3.17. The molecule has 138 valence electrons. The van der Waals surface area contributed by atoms with Gasteiger partial charge in [0.1, 0.15) is 0 Å². The molecule has 0 aromatic heterocycles. The van der Waals surface area contributed by atoms with E-state index in [9.17, 15) is 15.2 Å². The van der Waals surface area contributed by atoms with Crippen LogP contribution in [0.15, 0.2) is 10.3 Å². The fourth-order valence-corrected chi connectivity index (χ4v) is 6.75. The molecule has 3 aliphatic carbocycles. The van der Waals surface area contributed by atoms with E-state index in [0.717, 1.165) is 49.9 Å². The molecule has 0 radical (unpaired) electrons. The molecule has 1 aliphatic heterocycles. The van der Waals surface area contributed by atoms with Crippen LogP contribution in [0.25, 0.3) is 0 Å². The molecule has 0 bridgehead atoms. The smallest absolute Gasteiger partial charge is 0.220 e. The monoisotopic (exact) mass is 347 g/mol. The topological polar surface area (TPSA) is 94.3 Å². The van der Waals surface area contributed by atoms with Crippen molar-refractivity contribution in [1.29, 1.82) is 0 Å². The number of oxime groups is 2. The van der Waals surface area contributed by atoms with Gasteiger partial charge in [0.15, 0.2) is 0 Å². The number of rotatable bonds is 0. The third-order valence-electron chi connectivity index (χ3n) is 8.09. The van der Waals surface area contributed by atoms with Crippen molar-refractivity contribution in [3.63, 3.8) is 0 Å². The second-order valence-electron chi connectivity index (χ2n) is 9.14. The van der Waals surface area contributed by atoms with Crippen LogP contribution in [-0.4, -0.2) is 33.3 Å². The molecule has 25 heavy (non-hydrogen) atoms. The summed E-state index contributed by atoms with van der Waals surface area (Å²) in [6, 6.07) is 0. The molecule has 6 nitrogen and oxygen atoms in total. The van der Waals surface area contributed by atoms with Crippen LogP contribution in [0.2, 0.25) is 0 Å². The summed E-state index contributed by atoms with van der Waals surface area (Å²) in [6.45, 7) is 4.55. The van der Waals surface area contributed by atoms with Crippen LogP contribution in [0.1, 0.15) is 65.2 Å². The van der Waals surface area contributed by atoms with Crippen LogP contribution < -0.4 is 5.32 Å². The number of carbonyl (C=O) groups excluding carboxylic acids is 1. The zero-order valence-electron chi connectivity index (χ0n) is 15.2. The van der Waals surface area contributed by atoms with Gasteiger partial charge in [-0.3, -0.25) is 4.79 Å². The summed E-state index contributed by atoms with van der Waals surface area (Å²) in [5, 5.41) is 29.4. The molecule has 4 fully saturated rings. The molecule has 3 saturated carbocycles. The number of nitrogens with one attached hydrogen (secondary N) is 1. The summed E-state index contributed by atoms with van der Waals surface area (Å²) in [7, 11) is 0. The Morgan fingerprint density at radius 2 is 1.84 bits per heavy atom. The molecule has 6 atom stereocenters. The Labute approximate surface area is 148 Å². The number of hydrogen-bond acceptors (Lipinski definition) is 5. The molecular weight excluding hydrogens is 318 g/mol. The average molecular weight is 347 g/mol. The Morgan fingerprint density at radius 1 is 1.04 bits per heavy atom. The lowest BCUT2D eigenvalue weighted by Crippen LogP contribution is -2.64. The molecule has 6 heteroatoms. The van der Waals surface area contributed by atoms with Crippen molar-refractivity contribution < 1.29 is 15.2 Å². The zero-order valence-corrected chi connectivity index (χ0v) is 15.2. The van der Waals surface area contributed by atoms with E-state index in [1.54, 1.807) is 0 Å². The van der Waals surface area contributed by atoms with Crippen LogP contribution in [0.4, 0.5) is 0 Å². The second kappa shape index (κ2) is 5.71. The maximum Gasteiger partial charge on any atom is 0.220 e. The van der Waals surface area contributed by atoms with Crippen molar-refractivity contribution >= 4 is 17.3 Å². The van der Waals surface area contributed by atoms with Gasteiger partial charge >= 0.3 is 0 Å². The minimum Gasteiger partial charge on any atom is -0.411 e. The van der Waals surface area contributed by atoms with E-state index < -0.39 is 0 Å². The molecule has 3 N–H and O–H groups in total. The first kappa shape index (κ1) is 16.9. The minimum atomic E-state index is -0.118. The van der Waals surface area contributed by atoms with E-state index in [-0.39, 0.29) is 22.8 Å². The second-order valence-corrected chi connectivity index (χ2v) is 9.14. The van der Waals surface area contributed by atoms with E-state index in [1.807, 2.05) is 0 Å². The highest BCUT2D eigenvalue weighted by atomic mass is 16.4. The summed E-state index contributed by atoms with van der Waals surface area (Å²) in [4.78, 5) is 12.0. The summed E-state index contributed by atoms with van der Waals surface area (Å²) < 4.78 is 0. The Bertz CT molecular complexity index is 646. The first-order valence-electron chi connectivity index (χ1n) is 9.63. The first-order chi connectivity index (χ1) is 11.9. The number of piperidine rings is 1. The van der Waals surface area contributed by atoms with E-state index in [1.165, 1.54) is 0 Å². The van der Waals surface area contributed by atoms with Gasteiger partial charge in [-0.15, -0.1) is 0 Å². The van der Waals surface area contributed by atoms with Crippen molar-refractivity contribution in [3.8, 4) is 0 Å². The lowest BCUT2D eigenvalue weighted by molar-refractivity contribution is -0.132. The summed E-state index contributed by atoms with van der Waals surface area (Å²) in [5.41, 5.74) is 1.66. The molecule has 1 amide bonds. The molecule has 0 aromatic carbocycles. The van der Waals surface area contributed by atoms with Gasteiger partial charge in [-0.2, -0.15) is 0 Å². The van der Waals surface area contributed by atoms with Crippen LogP contribution >= 0.6 is 0 Å². The van der Waals surface area contributed by atoms with Crippen LogP contribution in [0.5, 0.6) is 0 Å². The zero-order chi connectivity index (χ0) is 17.8. The van der Waals surface area contributed by atoms with E-state index in [0.29, 0.717) is 30.6 Å². The lowest BCUT2D eigenvalue weighted by Gasteiger charge is -2.61. The molecule has 4 aliphatic rings. The van der Waals surface area contributed by atoms with Gasteiger partial charge in [-0.1, -0.05) is 17.2 Å². The summed E-state index contributed by atoms with van der Waals surface area (Å²) in [6.07, 6.45) is 6.99. The number of hydrogen-bond donors (Lipinski definition) is 3. The van der Waals surface area contributed by atoms with Gasteiger partial charge in [0.25, 0.3) is 0 Å². The van der Waals surface area contributed by atoms with Gasteiger partial charge in [0.2, 0.25) is 5.91 Å². The van der Waals surface area contributed by atoms with Crippen molar-refractivity contribution in [2.24, 2.45) is 39.4 Å². The number of amides is 1. The molecule has 0 spiro atoms. The Kier molecular flexibility index (Phi) is 3.85. The van der Waals surface area contributed by atoms with Gasteiger partial charge in [-0.05, 0) is 75.0 Å². The third kappa shape index (κ3) is 2.40. The van der Waals surface area contributed by atoms with Gasteiger partial charge in [-0.25, -0.2) is 0 Å².